The summed E-state index contributed by atoms with van der Waals surface area (Å²) in [5.41, 5.74) is 0.227. The van der Waals surface area contributed by atoms with Crippen molar-refractivity contribution in [3.8, 4) is 0 Å². The number of methoxy groups -OCH3 is 4. The number of aliphatic hydroxyl groups excluding tert-OH is 6. The lowest BCUT2D eigenvalue weighted by Gasteiger charge is -2.48. The van der Waals surface area contributed by atoms with E-state index >= 15 is 0 Å². The summed E-state index contributed by atoms with van der Waals surface area (Å²) in [7, 11) is 5.30. The summed E-state index contributed by atoms with van der Waals surface area (Å²) in [6.45, 7) is 6.89. The van der Waals surface area contributed by atoms with Gasteiger partial charge in [0.1, 0.15) is 48.8 Å². The number of rotatable bonds is 15. The lowest BCUT2D eigenvalue weighted by molar-refractivity contribution is -0.380. The maximum absolute atomic E-state index is 12.9. The Morgan fingerprint density at radius 1 is 0.750 bits per heavy atom. The molecule has 0 aliphatic carbocycles. The SMILES string of the molecule is C=C[C@H]1[C@H](O[C@@H]2O[C@H](CO)[C@@H](O)[C@H](O)[C@H]2O)OC=C(C(=O)OC)[C@H]1C[C@@H]1OC[C@H]2O[C@@H](O[C@@H]3OC=C(C(=O)OC)[C@@H](CC(OC)OC)[C@H]3C=C)[C@H](O)[C@H](O)[C@H]2O1. The molecule has 6 N–H and O–H groups in total. The van der Waals surface area contributed by atoms with Crippen LogP contribution in [0.25, 0.3) is 0 Å². The molecule has 17 atom stereocenters. The zero-order valence-corrected chi connectivity index (χ0v) is 31.3. The lowest BCUT2D eigenvalue weighted by Crippen LogP contribution is -2.64. The van der Waals surface area contributed by atoms with E-state index in [1.165, 1.54) is 46.9 Å². The van der Waals surface area contributed by atoms with E-state index in [-0.39, 0.29) is 30.6 Å². The normalized spacial score (nSPS) is 41.2. The second-order valence-corrected chi connectivity index (χ2v) is 13.7. The molecule has 0 aromatic heterocycles. The van der Waals surface area contributed by atoms with Crippen LogP contribution in [-0.2, 0) is 66.4 Å². The summed E-state index contributed by atoms with van der Waals surface area (Å²) >= 11 is 0. The Kier molecular flexibility index (Phi) is 15.4. The molecule has 0 radical (unpaired) electrons. The van der Waals surface area contributed by atoms with Crippen LogP contribution in [0.1, 0.15) is 12.8 Å². The molecule has 0 bridgehead atoms. The Labute approximate surface area is 322 Å². The van der Waals surface area contributed by atoms with Gasteiger partial charge in [-0.2, -0.15) is 0 Å². The summed E-state index contributed by atoms with van der Waals surface area (Å²) in [6, 6.07) is 0. The van der Waals surface area contributed by atoms with Gasteiger partial charge in [0.15, 0.2) is 25.2 Å². The highest BCUT2D eigenvalue weighted by Crippen LogP contribution is 2.42. The molecule has 0 unspecified atom stereocenters. The Bertz CT molecular complexity index is 1410. The predicted molar refractivity (Wildman–Crippen MR) is 183 cm³/mol. The zero-order valence-electron chi connectivity index (χ0n) is 31.3. The van der Waals surface area contributed by atoms with Gasteiger partial charge in [-0.1, -0.05) is 12.2 Å². The number of carbonyl (C=O) groups is 2. The van der Waals surface area contributed by atoms with E-state index in [2.05, 4.69) is 13.2 Å². The topological polar surface area (TPSA) is 266 Å². The van der Waals surface area contributed by atoms with Gasteiger partial charge >= 0.3 is 11.9 Å². The first-order valence-electron chi connectivity index (χ1n) is 17.9. The quantitative estimate of drug-likeness (QED) is 0.0598. The summed E-state index contributed by atoms with van der Waals surface area (Å²) < 4.78 is 67.6. The molecule has 20 heteroatoms. The van der Waals surface area contributed by atoms with Crippen molar-refractivity contribution in [2.45, 2.75) is 99.4 Å². The third-order valence-corrected chi connectivity index (χ3v) is 10.6. The van der Waals surface area contributed by atoms with E-state index in [0.717, 1.165) is 6.26 Å². The molecule has 5 heterocycles. The summed E-state index contributed by atoms with van der Waals surface area (Å²) in [5, 5.41) is 63.1. The van der Waals surface area contributed by atoms with Gasteiger partial charge in [0.2, 0.25) is 12.6 Å². The first kappa shape index (κ1) is 44.1. The summed E-state index contributed by atoms with van der Waals surface area (Å²) in [5.74, 6) is -4.40. The van der Waals surface area contributed by atoms with Crippen LogP contribution in [0, 0.1) is 23.7 Å². The lowest BCUT2D eigenvalue weighted by atomic mass is 9.81. The van der Waals surface area contributed by atoms with Gasteiger partial charge < -0.3 is 87.5 Å². The first-order chi connectivity index (χ1) is 26.8. The summed E-state index contributed by atoms with van der Waals surface area (Å²) in [4.78, 5) is 25.5. The fourth-order valence-corrected chi connectivity index (χ4v) is 7.44. The van der Waals surface area contributed by atoms with Gasteiger partial charge in [0.25, 0.3) is 0 Å². The third kappa shape index (κ3) is 9.13. The van der Waals surface area contributed by atoms with Gasteiger partial charge in [-0.05, 0) is 0 Å². The number of esters is 2. The number of ether oxygens (including phenoxy) is 12. The second-order valence-electron chi connectivity index (χ2n) is 13.7. The standard InChI is InChI=1S/C36H52O20/c1-7-15-17(9-23(45-3)46-4)19(31(43)47-5)12-50-33(15)56-36-29(42)27(40)30-22(53-36)14-49-24(54-30)10-18-16(8-2)34(51-13-20(18)32(44)48-6)55-35-28(41)26(39)25(38)21(11-37)52-35/h7-8,12-13,15-18,21-30,33-42H,1-2,9-11,14H2,3-6H3/t15-,16-,17+,18+,21-,22-,24-,25-,26+,27+,28-,29-,30+,33+,34+,35+,36+/m1/s1. The highest BCUT2D eigenvalue weighted by atomic mass is 16.8. The minimum absolute atomic E-state index is 0.0450. The van der Waals surface area contributed by atoms with Crippen molar-refractivity contribution in [2.24, 2.45) is 23.7 Å². The molecule has 0 spiro atoms. The molecule has 20 nitrogen and oxygen atoms in total. The second kappa shape index (κ2) is 19.6. The molecule has 5 rings (SSSR count). The van der Waals surface area contributed by atoms with Crippen LogP contribution >= 0.6 is 0 Å². The van der Waals surface area contributed by atoms with Crippen molar-refractivity contribution in [1.29, 1.82) is 0 Å². The number of fused-ring (bicyclic) bond motifs is 1. The van der Waals surface area contributed by atoms with Gasteiger partial charge in [0, 0.05) is 50.7 Å². The van der Waals surface area contributed by atoms with Crippen LogP contribution in [-0.4, -0.2) is 171 Å². The minimum Gasteiger partial charge on any atom is -0.471 e. The molecule has 0 aromatic rings. The van der Waals surface area contributed by atoms with Crippen molar-refractivity contribution in [2.75, 3.05) is 41.7 Å². The van der Waals surface area contributed by atoms with E-state index < -0.39 is 129 Å². The van der Waals surface area contributed by atoms with E-state index in [1.54, 1.807) is 0 Å². The Morgan fingerprint density at radius 2 is 1.29 bits per heavy atom. The molecule has 5 aliphatic rings. The minimum atomic E-state index is -1.73. The molecular formula is C36H52O20. The van der Waals surface area contributed by atoms with E-state index in [4.69, 9.17) is 56.8 Å². The molecule has 5 aliphatic heterocycles. The third-order valence-electron chi connectivity index (χ3n) is 10.6. The number of hydrogen-bond donors (Lipinski definition) is 6. The monoisotopic (exact) mass is 804 g/mol. The molecule has 0 amide bonds. The predicted octanol–water partition coefficient (Wildman–Crippen LogP) is -1.93. The highest BCUT2D eigenvalue weighted by molar-refractivity contribution is 5.89. The Hall–Kier alpha value is -3.06. The van der Waals surface area contributed by atoms with E-state index in [0.29, 0.717) is 0 Å². The van der Waals surface area contributed by atoms with Crippen molar-refractivity contribution < 1.29 is 97.1 Å². The molecule has 3 fully saturated rings. The molecule has 3 saturated heterocycles. The van der Waals surface area contributed by atoms with Crippen molar-refractivity contribution in [3.63, 3.8) is 0 Å². The smallest absolute Gasteiger partial charge is 0.337 e. The molecule has 0 saturated carbocycles. The van der Waals surface area contributed by atoms with Crippen LogP contribution < -0.4 is 0 Å². The Balaban J connectivity index is 1.27. The van der Waals surface area contributed by atoms with Crippen molar-refractivity contribution >= 4 is 11.9 Å². The van der Waals surface area contributed by atoms with Gasteiger partial charge in [-0.15, -0.1) is 13.2 Å². The highest BCUT2D eigenvalue weighted by Gasteiger charge is 2.53. The summed E-state index contributed by atoms with van der Waals surface area (Å²) in [6.07, 6.45) is -13.5. The molecule has 56 heavy (non-hydrogen) atoms. The number of aliphatic hydroxyl groups is 6. The van der Waals surface area contributed by atoms with Crippen LogP contribution in [0.15, 0.2) is 49.0 Å². The molecular weight excluding hydrogens is 752 g/mol. The maximum atomic E-state index is 12.9. The van der Waals surface area contributed by atoms with Gasteiger partial charge in [-0.3, -0.25) is 0 Å². The molecule has 0 aromatic carbocycles. The van der Waals surface area contributed by atoms with E-state index in [1.807, 2.05) is 0 Å². The molecule has 316 valence electrons. The van der Waals surface area contributed by atoms with Crippen molar-refractivity contribution in [1.82, 2.24) is 0 Å². The number of carbonyl (C=O) groups excluding carboxylic acids is 2. The average Bonchev–Trinajstić information content (AvgIpc) is 3.21. The zero-order chi connectivity index (χ0) is 40.8. The van der Waals surface area contributed by atoms with E-state index in [9.17, 15) is 40.2 Å². The number of hydrogen-bond acceptors (Lipinski definition) is 20. The maximum Gasteiger partial charge on any atom is 0.337 e. The largest absolute Gasteiger partial charge is 0.471 e. The Morgan fingerprint density at radius 3 is 1.82 bits per heavy atom. The van der Waals surface area contributed by atoms with Gasteiger partial charge in [-0.25, -0.2) is 9.59 Å². The van der Waals surface area contributed by atoms with Crippen LogP contribution in [0.2, 0.25) is 0 Å². The van der Waals surface area contributed by atoms with Crippen LogP contribution in [0.3, 0.4) is 0 Å². The van der Waals surface area contributed by atoms with Crippen molar-refractivity contribution in [3.05, 3.63) is 49.0 Å². The fourth-order valence-electron chi connectivity index (χ4n) is 7.44. The average molecular weight is 805 g/mol. The van der Waals surface area contributed by atoms with Gasteiger partial charge in [0.05, 0.1) is 51.1 Å². The van der Waals surface area contributed by atoms with Crippen LogP contribution in [0.4, 0.5) is 0 Å². The fraction of sp³-hybridized carbons (Fsp3) is 0.722. The van der Waals surface area contributed by atoms with Crippen LogP contribution in [0.5, 0.6) is 0 Å². The first-order valence-corrected chi connectivity index (χ1v) is 17.9.